The Kier molecular flexibility index (Phi) is 4.96. The number of nitrogens with zero attached hydrogens (tertiary/aromatic N) is 3. The Hall–Kier alpha value is -3.50. The lowest BCUT2D eigenvalue weighted by Gasteiger charge is -2.08. The molecule has 130 valence electrons. The zero-order valence-corrected chi connectivity index (χ0v) is 12.2. The fraction of sp³-hybridized carbons (Fsp3) is 0.0714. The van der Waals surface area contributed by atoms with Crippen LogP contribution in [-0.2, 0) is 6.18 Å². The maximum Gasteiger partial charge on any atom is 0.416 e. The molecule has 0 bridgehead atoms. The summed E-state index contributed by atoms with van der Waals surface area (Å²) < 4.78 is 37.8. The zero-order valence-electron chi connectivity index (χ0n) is 12.2. The van der Waals surface area contributed by atoms with E-state index < -0.39 is 27.3 Å². The van der Waals surface area contributed by atoms with Crippen molar-refractivity contribution in [3.63, 3.8) is 0 Å². The summed E-state index contributed by atoms with van der Waals surface area (Å²) in [5.74, 6) is 0. The summed E-state index contributed by atoms with van der Waals surface area (Å²) in [6.07, 6.45) is -3.57. The van der Waals surface area contributed by atoms with Crippen molar-refractivity contribution in [1.29, 1.82) is 0 Å². The zero-order chi connectivity index (χ0) is 18.6. The highest BCUT2D eigenvalue weighted by molar-refractivity contribution is 5.81. The largest absolute Gasteiger partial charge is 0.416 e. The average Bonchev–Trinajstić information content (AvgIpc) is 2.54. The van der Waals surface area contributed by atoms with Crippen molar-refractivity contribution in [2.24, 2.45) is 5.10 Å². The number of rotatable bonds is 5. The van der Waals surface area contributed by atoms with Crippen LogP contribution >= 0.6 is 0 Å². The molecule has 1 N–H and O–H groups in total. The quantitative estimate of drug-likeness (QED) is 0.496. The van der Waals surface area contributed by atoms with E-state index in [1.165, 1.54) is 24.3 Å². The molecule has 8 nitrogen and oxygen atoms in total. The van der Waals surface area contributed by atoms with Gasteiger partial charge in [0.05, 0.1) is 21.6 Å². The lowest BCUT2D eigenvalue weighted by atomic mass is 10.1. The van der Waals surface area contributed by atoms with Crippen LogP contribution in [0.15, 0.2) is 47.6 Å². The van der Waals surface area contributed by atoms with Crippen LogP contribution in [0.25, 0.3) is 0 Å². The first-order chi connectivity index (χ1) is 11.7. The van der Waals surface area contributed by atoms with Gasteiger partial charge in [-0.15, -0.1) is 0 Å². The molecule has 0 amide bonds. The number of halogens is 3. The Balaban J connectivity index is 2.24. The van der Waals surface area contributed by atoms with E-state index >= 15 is 0 Å². The van der Waals surface area contributed by atoms with Crippen LogP contribution in [0, 0.1) is 20.2 Å². The Morgan fingerprint density at radius 3 is 2.36 bits per heavy atom. The van der Waals surface area contributed by atoms with Gasteiger partial charge in [0.25, 0.3) is 11.4 Å². The van der Waals surface area contributed by atoms with Gasteiger partial charge in [-0.25, -0.2) is 0 Å². The number of benzene rings is 2. The van der Waals surface area contributed by atoms with Crippen LogP contribution in [-0.4, -0.2) is 16.1 Å². The van der Waals surface area contributed by atoms with Crippen molar-refractivity contribution in [2.45, 2.75) is 6.18 Å². The SMILES string of the molecule is O=[N+]([O-])c1cccc(/C=N/Nc2ccc(C(F)(F)F)cc2[N+](=O)[O-])c1. The van der Waals surface area contributed by atoms with Crippen LogP contribution in [0.5, 0.6) is 0 Å². The second-order valence-corrected chi connectivity index (χ2v) is 4.71. The standard InChI is InChI=1S/C14H9F3N4O4/c15-14(16,17)10-4-5-12(13(7-10)21(24)25)19-18-8-9-2-1-3-11(6-9)20(22)23/h1-8,19H/b18-8+. The molecule has 0 heterocycles. The summed E-state index contributed by atoms with van der Waals surface area (Å²) >= 11 is 0. The maximum atomic E-state index is 12.6. The number of hydrogen-bond acceptors (Lipinski definition) is 6. The third-order valence-electron chi connectivity index (χ3n) is 3.00. The predicted octanol–water partition coefficient (Wildman–Crippen LogP) is 3.97. The van der Waals surface area contributed by atoms with Crippen LogP contribution in [0.1, 0.15) is 11.1 Å². The molecule has 2 aromatic carbocycles. The highest BCUT2D eigenvalue weighted by Gasteiger charge is 2.33. The van der Waals surface area contributed by atoms with Gasteiger partial charge in [-0.3, -0.25) is 25.7 Å². The van der Waals surface area contributed by atoms with E-state index in [-0.39, 0.29) is 11.4 Å². The summed E-state index contributed by atoms with van der Waals surface area (Å²) in [5.41, 5.74) is 0.204. The average molecular weight is 354 g/mol. The molecule has 0 aliphatic rings. The van der Waals surface area contributed by atoms with Crippen molar-refractivity contribution < 1.29 is 23.0 Å². The first kappa shape index (κ1) is 17.8. The van der Waals surface area contributed by atoms with E-state index in [0.29, 0.717) is 17.7 Å². The molecule has 0 aliphatic heterocycles. The molecule has 0 saturated carbocycles. The topological polar surface area (TPSA) is 111 Å². The van der Waals surface area contributed by atoms with Crippen LogP contribution in [0.2, 0.25) is 0 Å². The molecule has 0 unspecified atom stereocenters. The van der Waals surface area contributed by atoms with Gasteiger partial charge in [0.1, 0.15) is 5.69 Å². The van der Waals surface area contributed by atoms with E-state index in [4.69, 9.17) is 0 Å². The number of hydrazone groups is 1. The Bertz CT molecular complexity index is 852. The van der Waals surface area contributed by atoms with Gasteiger partial charge in [0, 0.05) is 23.8 Å². The Morgan fingerprint density at radius 1 is 1.04 bits per heavy atom. The van der Waals surface area contributed by atoms with Crippen LogP contribution in [0.4, 0.5) is 30.2 Å². The molecular formula is C14H9F3N4O4. The molecule has 11 heteroatoms. The second-order valence-electron chi connectivity index (χ2n) is 4.71. The van der Waals surface area contributed by atoms with Gasteiger partial charge in [-0.05, 0) is 12.1 Å². The molecule has 2 aromatic rings. The first-order valence-electron chi connectivity index (χ1n) is 6.57. The lowest BCUT2D eigenvalue weighted by Crippen LogP contribution is -2.06. The lowest BCUT2D eigenvalue weighted by molar-refractivity contribution is -0.384. The van der Waals surface area contributed by atoms with Gasteiger partial charge >= 0.3 is 6.18 Å². The van der Waals surface area contributed by atoms with Crippen LogP contribution in [0.3, 0.4) is 0 Å². The van der Waals surface area contributed by atoms with E-state index in [2.05, 4.69) is 10.5 Å². The maximum absolute atomic E-state index is 12.6. The Morgan fingerprint density at radius 2 is 1.76 bits per heavy atom. The summed E-state index contributed by atoms with van der Waals surface area (Å²) in [5, 5.41) is 25.2. The normalized spacial score (nSPS) is 11.5. The highest BCUT2D eigenvalue weighted by Crippen LogP contribution is 2.34. The van der Waals surface area contributed by atoms with E-state index in [1.54, 1.807) is 0 Å². The third-order valence-corrected chi connectivity index (χ3v) is 3.00. The molecule has 25 heavy (non-hydrogen) atoms. The smallest absolute Gasteiger partial charge is 0.272 e. The van der Waals surface area contributed by atoms with Crippen molar-refractivity contribution in [3.05, 3.63) is 73.8 Å². The van der Waals surface area contributed by atoms with Gasteiger partial charge in [0.15, 0.2) is 0 Å². The molecule has 0 atom stereocenters. The predicted molar refractivity (Wildman–Crippen MR) is 82.4 cm³/mol. The number of anilines is 1. The summed E-state index contributed by atoms with van der Waals surface area (Å²) in [6, 6.07) is 7.35. The summed E-state index contributed by atoms with van der Waals surface area (Å²) in [6.45, 7) is 0. The Labute approximate surface area is 137 Å². The molecule has 0 aliphatic carbocycles. The number of nitrogens with one attached hydrogen (secondary N) is 1. The monoisotopic (exact) mass is 354 g/mol. The number of hydrogen-bond donors (Lipinski definition) is 1. The summed E-state index contributed by atoms with van der Waals surface area (Å²) in [4.78, 5) is 20.0. The minimum Gasteiger partial charge on any atom is -0.272 e. The van der Waals surface area contributed by atoms with E-state index in [1.807, 2.05) is 0 Å². The van der Waals surface area contributed by atoms with Crippen molar-refractivity contribution in [1.82, 2.24) is 0 Å². The molecule has 0 spiro atoms. The van der Waals surface area contributed by atoms with Crippen molar-refractivity contribution in [3.8, 4) is 0 Å². The number of nitro benzene ring substituents is 2. The fourth-order valence-electron chi connectivity index (χ4n) is 1.85. The van der Waals surface area contributed by atoms with Gasteiger partial charge in [0.2, 0.25) is 0 Å². The highest BCUT2D eigenvalue weighted by atomic mass is 19.4. The van der Waals surface area contributed by atoms with Crippen molar-refractivity contribution >= 4 is 23.3 Å². The third kappa shape index (κ3) is 4.50. The fourth-order valence-corrected chi connectivity index (χ4v) is 1.85. The molecular weight excluding hydrogens is 345 g/mol. The number of alkyl halides is 3. The molecule has 0 saturated heterocycles. The minimum atomic E-state index is -4.71. The number of nitro groups is 2. The van der Waals surface area contributed by atoms with Gasteiger partial charge < -0.3 is 0 Å². The van der Waals surface area contributed by atoms with E-state index in [9.17, 15) is 33.4 Å². The second kappa shape index (κ2) is 6.95. The minimum absolute atomic E-state index is 0.176. The molecule has 0 aromatic heterocycles. The van der Waals surface area contributed by atoms with E-state index in [0.717, 1.165) is 12.3 Å². The molecule has 2 rings (SSSR count). The van der Waals surface area contributed by atoms with Gasteiger partial charge in [-0.2, -0.15) is 18.3 Å². The molecule has 0 fully saturated rings. The molecule has 0 radical (unpaired) electrons. The van der Waals surface area contributed by atoms with Crippen molar-refractivity contribution in [2.75, 3.05) is 5.43 Å². The summed E-state index contributed by atoms with van der Waals surface area (Å²) in [7, 11) is 0. The van der Waals surface area contributed by atoms with Crippen LogP contribution < -0.4 is 5.43 Å². The first-order valence-corrected chi connectivity index (χ1v) is 6.57. The van der Waals surface area contributed by atoms with Gasteiger partial charge in [-0.1, -0.05) is 12.1 Å². The number of non-ortho nitro benzene ring substituents is 1.